The highest BCUT2D eigenvalue weighted by Gasteiger charge is 2.44. The van der Waals surface area contributed by atoms with Gasteiger partial charge in [-0.2, -0.15) is 9.57 Å². The van der Waals surface area contributed by atoms with E-state index in [2.05, 4.69) is 11.4 Å². The standard InChI is InChI=1S/C32H43BN4O8S/c1-32(2,14-8-15-34)21-37(46(40,41)25-12-7-11-24(18-25)36(3)33-22-44-33)19-28(38)27(17-23-9-5-4-6-10-23)35-31(39)45-29-20-43-30-26(29)13-16-42-30/h4-7,9-12,18,26-30,38H,8,13-14,16-17,19-22H2,1-3H3,(H,35,39)/t26-,27-,28+,29-,30+/m0/s1. The molecule has 1 amide bonds. The van der Waals surface area contributed by atoms with Gasteiger partial charge in [-0.25, -0.2) is 13.2 Å². The predicted molar refractivity (Wildman–Crippen MR) is 171 cm³/mol. The monoisotopic (exact) mass is 654 g/mol. The number of nitrogens with zero attached hydrogens (tertiary/aromatic N) is 3. The lowest BCUT2D eigenvalue weighted by molar-refractivity contribution is -0.0907. The van der Waals surface area contributed by atoms with Crippen LogP contribution in [0.25, 0.3) is 0 Å². The summed E-state index contributed by atoms with van der Waals surface area (Å²) in [6.07, 6.45) is -1.22. The Morgan fingerprint density at radius 2 is 1.98 bits per heavy atom. The van der Waals surface area contributed by atoms with E-state index in [9.17, 15) is 23.6 Å². The Morgan fingerprint density at radius 1 is 1.22 bits per heavy atom. The van der Waals surface area contributed by atoms with Crippen molar-refractivity contribution in [3.05, 3.63) is 60.2 Å². The number of carbonyl (C=O) groups excluding carboxylic acids is 1. The fourth-order valence-electron chi connectivity index (χ4n) is 6.00. The Kier molecular flexibility index (Phi) is 10.9. The molecule has 3 fully saturated rings. The zero-order valence-corrected chi connectivity index (χ0v) is 27.4. The number of aliphatic hydroxyl groups excluding tert-OH is 1. The fraction of sp³-hybridized carbons (Fsp3) is 0.562. The molecule has 5 atom stereocenters. The smallest absolute Gasteiger partial charge is 0.440 e. The lowest BCUT2D eigenvalue weighted by Gasteiger charge is -2.35. The molecule has 0 aromatic heterocycles. The summed E-state index contributed by atoms with van der Waals surface area (Å²) in [4.78, 5) is 15.1. The molecule has 3 saturated heterocycles. The Bertz CT molecular complexity index is 1490. The number of alkyl carbamates (subject to hydrolysis) is 1. The number of hydrogen-bond acceptors (Lipinski definition) is 10. The third-order valence-electron chi connectivity index (χ3n) is 8.83. The minimum atomic E-state index is -4.13. The number of ether oxygens (including phenoxy) is 3. The Hall–Kier alpha value is -3.19. The number of fused-ring (bicyclic) bond motifs is 1. The van der Waals surface area contributed by atoms with Crippen LogP contribution in [0.4, 0.5) is 10.5 Å². The number of anilines is 1. The summed E-state index contributed by atoms with van der Waals surface area (Å²) in [5.74, 6) is -0.0548. The number of benzene rings is 2. The second-order valence-electron chi connectivity index (χ2n) is 13.0. The highest BCUT2D eigenvalue weighted by atomic mass is 32.2. The van der Waals surface area contributed by atoms with Crippen molar-refractivity contribution in [3.63, 3.8) is 0 Å². The number of sulfonamides is 1. The number of aliphatic hydroxyl groups is 1. The zero-order chi connectivity index (χ0) is 32.9. The molecule has 0 saturated carbocycles. The van der Waals surface area contributed by atoms with E-state index in [0.717, 1.165) is 12.0 Å². The summed E-state index contributed by atoms with van der Waals surface area (Å²) in [5, 5.41) is 23.8. The fourth-order valence-corrected chi connectivity index (χ4v) is 7.69. The van der Waals surface area contributed by atoms with Crippen LogP contribution in [0, 0.1) is 22.7 Å². The lowest BCUT2D eigenvalue weighted by Crippen LogP contribution is -2.52. The van der Waals surface area contributed by atoms with Crippen molar-refractivity contribution in [2.45, 2.75) is 69.0 Å². The maximum Gasteiger partial charge on any atom is 0.440 e. The normalized spacial score (nSPS) is 22.2. The highest BCUT2D eigenvalue weighted by molar-refractivity contribution is 7.89. The van der Waals surface area contributed by atoms with Crippen LogP contribution in [0.15, 0.2) is 59.5 Å². The van der Waals surface area contributed by atoms with Crippen molar-refractivity contribution in [1.29, 1.82) is 5.26 Å². The number of hydrogen-bond donors (Lipinski definition) is 2. The molecule has 0 bridgehead atoms. The van der Waals surface area contributed by atoms with E-state index in [-0.39, 0.29) is 56.7 Å². The molecule has 0 spiro atoms. The van der Waals surface area contributed by atoms with Crippen LogP contribution in [-0.4, -0.2) is 95.4 Å². The first-order valence-corrected chi connectivity index (χ1v) is 17.1. The third-order valence-corrected chi connectivity index (χ3v) is 10.6. The minimum absolute atomic E-state index is 0.0465. The molecule has 14 heteroatoms. The van der Waals surface area contributed by atoms with Crippen LogP contribution < -0.4 is 10.1 Å². The van der Waals surface area contributed by atoms with Gasteiger partial charge in [-0.15, -0.1) is 0 Å². The van der Waals surface area contributed by atoms with E-state index in [1.54, 1.807) is 12.1 Å². The second kappa shape index (κ2) is 14.7. The number of nitrogens with one attached hydrogen (secondary N) is 1. The molecular formula is C32H43BN4O8S. The van der Waals surface area contributed by atoms with Crippen molar-refractivity contribution >= 4 is 28.9 Å². The third kappa shape index (κ3) is 8.58. The highest BCUT2D eigenvalue weighted by Crippen LogP contribution is 2.33. The molecule has 248 valence electrons. The first-order chi connectivity index (χ1) is 22.0. The number of nitriles is 1. The summed E-state index contributed by atoms with van der Waals surface area (Å²) >= 11 is 0. The molecular weight excluding hydrogens is 611 g/mol. The second-order valence-corrected chi connectivity index (χ2v) is 14.9. The van der Waals surface area contributed by atoms with Crippen LogP contribution in [-0.2, 0) is 35.3 Å². The molecule has 3 heterocycles. The average Bonchev–Trinajstić information content (AvgIpc) is 3.66. The molecule has 3 aliphatic heterocycles. The zero-order valence-electron chi connectivity index (χ0n) is 26.6. The van der Waals surface area contributed by atoms with Crippen LogP contribution in [0.5, 0.6) is 0 Å². The lowest BCUT2D eigenvalue weighted by atomic mass is 9.88. The Balaban J connectivity index is 1.38. The number of amides is 1. The molecule has 46 heavy (non-hydrogen) atoms. The van der Waals surface area contributed by atoms with Crippen LogP contribution in [0.3, 0.4) is 0 Å². The van der Waals surface area contributed by atoms with Crippen molar-refractivity contribution in [2.75, 3.05) is 44.7 Å². The van der Waals surface area contributed by atoms with E-state index >= 15 is 0 Å². The van der Waals surface area contributed by atoms with Gasteiger partial charge in [0.2, 0.25) is 10.0 Å². The number of carbonyl (C=O) groups is 1. The van der Waals surface area contributed by atoms with Gasteiger partial charge in [-0.1, -0.05) is 50.2 Å². The first kappa shape index (κ1) is 34.2. The molecule has 2 aromatic carbocycles. The summed E-state index contributed by atoms with van der Waals surface area (Å²) in [7, 11) is -2.39. The van der Waals surface area contributed by atoms with E-state index in [0.29, 0.717) is 25.2 Å². The Labute approximate surface area is 271 Å². The summed E-state index contributed by atoms with van der Waals surface area (Å²) in [5.41, 5.74) is 0.953. The van der Waals surface area contributed by atoms with E-state index in [4.69, 9.17) is 18.9 Å². The topological polar surface area (TPSA) is 154 Å². The van der Waals surface area contributed by atoms with Gasteiger partial charge in [0.1, 0.15) is 6.10 Å². The van der Waals surface area contributed by atoms with E-state index in [1.165, 1.54) is 10.4 Å². The van der Waals surface area contributed by atoms with Gasteiger partial charge in [0.05, 0.1) is 48.7 Å². The predicted octanol–water partition coefficient (Wildman–Crippen LogP) is 2.96. The van der Waals surface area contributed by atoms with Crippen molar-refractivity contribution in [1.82, 2.24) is 9.62 Å². The van der Waals surface area contributed by atoms with Gasteiger partial charge in [-0.3, -0.25) is 0 Å². The van der Waals surface area contributed by atoms with Gasteiger partial charge < -0.3 is 34.1 Å². The Morgan fingerprint density at radius 3 is 2.70 bits per heavy atom. The maximum atomic E-state index is 14.3. The maximum absolute atomic E-state index is 14.3. The average molecular weight is 655 g/mol. The molecule has 0 radical (unpaired) electrons. The molecule has 2 N–H and O–H groups in total. The van der Waals surface area contributed by atoms with Crippen LogP contribution >= 0.6 is 0 Å². The summed E-state index contributed by atoms with van der Waals surface area (Å²) in [6, 6.07) is 17.2. The van der Waals surface area contributed by atoms with Crippen molar-refractivity contribution in [3.8, 4) is 6.07 Å². The molecule has 0 aliphatic carbocycles. The van der Waals surface area contributed by atoms with Gasteiger partial charge in [0, 0.05) is 25.2 Å². The van der Waals surface area contributed by atoms with E-state index in [1.807, 2.05) is 62.1 Å². The minimum Gasteiger partial charge on any atom is -0.443 e. The van der Waals surface area contributed by atoms with Crippen molar-refractivity contribution in [2.24, 2.45) is 11.3 Å². The summed E-state index contributed by atoms with van der Waals surface area (Å²) in [6.45, 7) is 4.87. The molecule has 5 rings (SSSR count). The number of rotatable bonds is 15. The first-order valence-electron chi connectivity index (χ1n) is 15.7. The quantitative estimate of drug-likeness (QED) is 0.217. The van der Waals surface area contributed by atoms with Gasteiger partial charge in [0.25, 0.3) is 0 Å². The largest absolute Gasteiger partial charge is 0.443 e. The van der Waals surface area contributed by atoms with Gasteiger partial charge >= 0.3 is 13.1 Å². The van der Waals surface area contributed by atoms with Gasteiger partial charge in [0.15, 0.2) is 6.29 Å². The van der Waals surface area contributed by atoms with E-state index < -0.39 is 39.8 Å². The SMILES string of the molecule is CN(B1CO1)c1cccc(S(=O)(=O)N(C[C@@H](O)[C@H](Cc2ccccc2)NC(=O)O[C@H]2CO[C@H]3OCC[C@H]32)CC(C)(C)CCC#N)c1. The molecule has 12 nitrogen and oxygen atoms in total. The van der Waals surface area contributed by atoms with Crippen molar-refractivity contribution < 1.29 is 37.2 Å². The van der Waals surface area contributed by atoms with Gasteiger partial charge in [-0.05, 0) is 55.5 Å². The molecule has 3 aliphatic rings. The molecule has 0 unspecified atom stereocenters. The molecule has 2 aromatic rings. The van der Waals surface area contributed by atoms with Crippen LogP contribution in [0.2, 0.25) is 0 Å². The summed E-state index contributed by atoms with van der Waals surface area (Å²) < 4.78 is 52.1. The van der Waals surface area contributed by atoms with Crippen LogP contribution in [0.1, 0.15) is 38.7 Å².